The maximum absolute atomic E-state index is 6.10. The Morgan fingerprint density at radius 3 is 2.00 bits per heavy atom. The van der Waals surface area contributed by atoms with Crippen LogP contribution in [-0.2, 0) is 4.74 Å². The molecule has 0 amide bonds. The second-order valence-electron chi connectivity index (χ2n) is 10.6. The first-order valence-electron chi connectivity index (χ1n) is 13.5. The van der Waals surface area contributed by atoms with Crippen LogP contribution >= 0.6 is 0 Å². The molecule has 1 heterocycles. The fourth-order valence-corrected chi connectivity index (χ4v) is 4.08. The maximum atomic E-state index is 6.10. The molecule has 0 fully saturated rings. The Morgan fingerprint density at radius 1 is 0.757 bits per heavy atom. The van der Waals surface area contributed by atoms with Crippen LogP contribution in [0.15, 0.2) is 40.5 Å². The number of oxazole rings is 1. The molecule has 1 aromatic heterocycles. The smallest absolute Gasteiger partial charge is 0.223 e. The lowest BCUT2D eigenvalue weighted by Gasteiger charge is -2.20. The van der Waals surface area contributed by atoms with Crippen molar-refractivity contribution >= 4 is 16.7 Å². The molecule has 0 saturated heterocycles. The summed E-state index contributed by atoms with van der Waals surface area (Å²) in [6.45, 7) is 7.78. The molecular weight excluding hydrogens is 466 g/mol. The highest BCUT2D eigenvalue weighted by Gasteiger charge is 2.15. The average Bonchev–Trinajstić information content (AvgIpc) is 3.30. The zero-order chi connectivity index (χ0) is 26.6. The van der Waals surface area contributed by atoms with Crippen LogP contribution in [0.25, 0.3) is 16.7 Å². The van der Waals surface area contributed by atoms with E-state index >= 15 is 0 Å². The predicted octanol–water partition coefficient (Wildman–Crippen LogP) is 4.05. The lowest BCUT2D eigenvalue weighted by atomic mass is 10.0. The summed E-state index contributed by atoms with van der Waals surface area (Å²) in [7, 11) is 12.7. The SMILES string of the molecule is CN(C)CCN(C)CCCOC1=CC=C(c2nc3ccc(OCCCN(C)CCN(C)C)cc3o2)CC1. The molecule has 0 radical (unpaired) electrons. The molecule has 0 bridgehead atoms. The fraction of sp³-hybridized carbons (Fsp3) is 0.621. The molecule has 2 aromatic rings. The Balaban J connectivity index is 1.43. The minimum atomic E-state index is 0.684. The van der Waals surface area contributed by atoms with Crippen LogP contribution < -0.4 is 4.74 Å². The van der Waals surface area contributed by atoms with Gasteiger partial charge < -0.3 is 33.5 Å². The van der Waals surface area contributed by atoms with E-state index < -0.39 is 0 Å². The molecular formula is C29H47N5O3. The first-order valence-corrected chi connectivity index (χ1v) is 13.5. The van der Waals surface area contributed by atoms with E-state index in [0.29, 0.717) is 12.5 Å². The van der Waals surface area contributed by atoms with Crippen LogP contribution in [-0.4, -0.2) is 119 Å². The molecule has 0 N–H and O–H groups in total. The van der Waals surface area contributed by atoms with Crippen LogP contribution in [0.5, 0.6) is 5.75 Å². The summed E-state index contributed by atoms with van der Waals surface area (Å²) in [5.41, 5.74) is 2.73. The molecule has 1 aromatic carbocycles. The van der Waals surface area contributed by atoms with E-state index in [1.54, 1.807) is 0 Å². The van der Waals surface area contributed by atoms with Crippen molar-refractivity contribution in [2.75, 3.05) is 94.8 Å². The summed E-state index contributed by atoms with van der Waals surface area (Å²) in [6.07, 6.45) is 7.90. The van der Waals surface area contributed by atoms with Gasteiger partial charge in [0.2, 0.25) is 5.89 Å². The van der Waals surface area contributed by atoms with Gasteiger partial charge in [-0.3, -0.25) is 0 Å². The summed E-state index contributed by atoms with van der Waals surface area (Å²) >= 11 is 0. The second-order valence-corrected chi connectivity index (χ2v) is 10.6. The number of hydrogen-bond acceptors (Lipinski definition) is 8. The molecule has 1 aliphatic rings. The third kappa shape index (κ3) is 10.5. The minimum absolute atomic E-state index is 0.684. The number of aromatic nitrogens is 1. The molecule has 3 rings (SSSR count). The van der Waals surface area contributed by atoms with E-state index in [-0.39, 0.29) is 0 Å². The van der Waals surface area contributed by atoms with Crippen LogP contribution in [0.3, 0.4) is 0 Å². The van der Waals surface area contributed by atoms with E-state index in [1.165, 1.54) is 0 Å². The van der Waals surface area contributed by atoms with E-state index in [4.69, 9.17) is 18.9 Å². The monoisotopic (exact) mass is 513 g/mol. The van der Waals surface area contributed by atoms with Crippen molar-refractivity contribution in [1.82, 2.24) is 24.6 Å². The Kier molecular flexibility index (Phi) is 11.9. The van der Waals surface area contributed by atoms with E-state index in [0.717, 1.165) is 99.7 Å². The van der Waals surface area contributed by atoms with Gasteiger partial charge in [0.15, 0.2) is 5.58 Å². The summed E-state index contributed by atoms with van der Waals surface area (Å²) in [5, 5.41) is 0. The van der Waals surface area contributed by atoms with Crippen molar-refractivity contribution in [3.05, 3.63) is 42.0 Å². The summed E-state index contributed by atoms with van der Waals surface area (Å²) in [5.74, 6) is 2.55. The summed E-state index contributed by atoms with van der Waals surface area (Å²) in [6, 6.07) is 5.90. The number of fused-ring (bicyclic) bond motifs is 1. The lowest BCUT2D eigenvalue weighted by Crippen LogP contribution is -2.29. The number of nitrogens with zero attached hydrogens (tertiary/aromatic N) is 5. The summed E-state index contributed by atoms with van der Waals surface area (Å²) < 4.78 is 18.1. The largest absolute Gasteiger partial charge is 0.498 e. The van der Waals surface area contributed by atoms with Crippen LogP contribution in [0.4, 0.5) is 0 Å². The molecule has 0 unspecified atom stereocenters. The molecule has 0 saturated carbocycles. The molecule has 1 aliphatic carbocycles. The second kappa shape index (κ2) is 15.1. The summed E-state index contributed by atoms with van der Waals surface area (Å²) in [4.78, 5) is 13.8. The Labute approximate surface area is 223 Å². The normalized spacial score (nSPS) is 14.2. The van der Waals surface area contributed by atoms with Crippen molar-refractivity contribution in [3.8, 4) is 5.75 Å². The van der Waals surface area contributed by atoms with Gasteiger partial charge in [0.25, 0.3) is 0 Å². The van der Waals surface area contributed by atoms with E-state index in [2.05, 4.69) is 74.0 Å². The number of hydrogen-bond donors (Lipinski definition) is 0. The zero-order valence-electron chi connectivity index (χ0n) is 23.8. The van der Waals surface area contributed by atoms with Crippen molar-refractivity contribution in [2.24, 2.45) is 0 Å². The molecule has 8 heteroatoms. The van der Waals surface area contributed by atoms with Gasteiger partial charge in [-0.2, -0.15) is 0 Å². The van der Waals surface area contributed by atoms with Gasteiger partial charge in [0.1, 0.15) is 11.3 Å². The number of rotatable bonds is 17. The van der Waals surface area contributed by atoms with Gasteiger partial charge in [-0.15, -0.1) is 0 Å². The zero-order valence-corrected chi connectivity index (χ0v) is 23.8. The Bertz CT molecular complexity index is 1010. The van der Waals surface area contributed by atoms with Gasteiger partial charge in [-0.05, 0) is 79.8 Å². The lowest BCUT2D eigenvalue weighted by molar-refractivity contribution is 0.180. The van der Waals surface area contributed by atoms with Crippen molar-refractivity contribution in [1.29, 1.82) is 0 Å². The number of allylic oxidation sites excluding steroid dienone is 4. The first-order chi connectivity index (χ1) is 17.8. The van der Waals surface area contributed by atoms with Gasteiger partial charge in [0.05, 0.1) is 19.0 Å². The van der Waals surface area contributed by atoms with E-state index in [1.807, 2.05) is 18.2 Å². The highest BCUT2D eigenvalue weighted by molar-refractivity contribution is 5.77. The Hall–Kier alpha value is -2.39. The van der Waals surface area contributed by atoms with Gasteiger partial charge in [-0.1, -0.05) is 6.08 Å². The van der Waals surface area contributed by atoms with Gasteiger partial charge in [-0.25, -0.2) is 4.98 Å². The van der Waals surface area contributed by atoms with Gasteiger partial charge in [0, 0.05) is 57.3 Å². The maximum Gasteiger partial charge on any atom is 0.223 e. The number of benzene rings is 1. The molecule has 206 valence electrons. The molecule has 37 heavy (non-hydrogen) atoms. The van der Waals surface area contributed by atoms with Crippen LogP contribution in [0, 0.1) is 0 Å². The van der Waals surface area contributed by atoms with Crippen molar-refractivity contribution in [2.45, 2.75) is 25.7 Å². The van der Waals surface area contributed by atoms with Crippen LogP contribution in [0.2, 0.25) is 0 Å². The van der Waals surface area contributed by atoms with Crippen molar-refractivity contribution < 1.29 is 13.9 Å². The third-order valence-corrected chi connectivity index (χ3v) is 6.53. The number of likely N-dealkylation sites (N-methyl/N-ethyl adjacent to an activating group) is 4. The predicted molar refractivity (Wildman–Crippen MR) is 152 cm³/mol. The van der Waals surface area contributed by atoms with Crippen molar-refractivity contribution in [3.63, 3.8) is 0 Å². The Morgan fingerprint density at radius 2 is 1.41 bits per heavy atom. The quantitative estimate of drug-likeness (QED) is 0.294. The fourth-order valence-electron chi connectivity index (χ4n) is 4.08. The molecule has 0 aliphatic heterocycles. The standard InChI is InChI=1S/C29H47N5O3/c1-31(2)17-19-33(5)15-7-21-35-25-11-9-24(10-12-25)29-30-27-14-13-26(23-28(27)37-29)36-22-8-16-34(6)20-18-32(3)4/h9,11,13-14,23H,7-8,10,12,15-22H2,1-6H3. The van der Waals surface area contributed by atoms with Gasteiger partial charge >= 0.3 is 0 Å². The minimum Gasteiger partial charge on any atom is -0.498 e. The number of ether oxygens (including phenoxy) is 2. The molecule has 0 spiro atoms. The first kappa shape index (κ1) is 29.2. The highest BCUT2D eigenvalue weighted by atomic mass is 16.5. The van der Waals surface area contributed by atoms with Crippen LogP contribution in [0.1, 0.15) is 31.6 Å². The highest BCUT2D eigenvalue weighted by Crippen LogP contribution is 2.30. The average molecular weight is 514 g/mol. The topological polar surface area (TPSA) is 57.5 Å². The third-order valence-electron chi connectivity index (χ3n) is 6.53. The molecule has 8 nitrogen and oxygen atoms in total. The molecule has 0 atom stereocenters. The van der Waals surface area contributed by atoms with E-state index in [9.17, 15) is 0 Å².